The fourth-order valence-electron chi connectivity index (χ4n) is 2.64. The fraction of sp³-hybridized carbons (Fsp3) is 0.533. The Morgan fingerprint density at radius 3 is 2.56 bits per heavy atom. The lowest BCUT2D eigenvalue weighted by Crippen LogP contribution is -2.36. The third kappa shape index (κ3) is 3.33. The maximum Gasteiger partial charge on any atom is 0.220 e. The number of hydrogen-bond donors (Lipinski definition) is 2. The predicted octanol–water partition coefficient (Wildman–Crippen LogP) is 2.13. The van der Waals surface area contributed by atoms with Gasteiger partial charge in [-0.05, 0) is 43.7 Å². The van der Waals surface area contributed by atoms with E-state index < -0.39 is 0 Å². The van der Waals surface area contributed by atoms with Gasteiger partial charge >= 0.3 is 0 Å². The van der Waals surface area contributed by atoms with Gasteiger partial charge in [-0.15, -0.1) is 0 Å². The summed E-state index contributed by atoms with van der Waals surface area (Å²) in [5, 5.41) is 3.59. The Bertz CT molecular complexity index is 409. The highest BCUT2D eigenvalue weighted by Crippen LogP contribution is 2.24. The zero-order chi connectivity index (χ0) is 13.0. The smallest absolute Gasteiger partial charge is 0.220 e. The Morgan fingerprint density at radius 1 is 1.28 bits per heavy atom. The number of nitrogens with one attached hydrogen (secondary N) is 1. The van der Waals surface area contributed by atoms with Crippen LogP contribution in [0, 0.1) is 12.8 Å². The second-order valence-electron chi connectivity index (χ2n) is 5.26. The van der Waals surface area contributed by atoms with Gasteiger partial charge in [-0.1, -0.05) is 24.3 Å². The molecule has 0 unspecified atom stereocenters. The van der Waals surface area contributed by atoms with Gasteiger partial charge in [-0.25, -0.2) is 0 Å². The van der Waals surface area contributed by atoms with Gasteiger partial charge in [0.25, 0.3) is 0 Å². The summed E-state index contributed by atoms with van der Waals surface area (Å²) in [6.45, 7) is 3.06. The summed E-state index contributed by atoms with van der Waals surface area (Å²) in [6.07, 6.45) is 3.97. The van der Waals surface area contributed by atoms with Crippen LogP contribution in [0.5, 0.6) is 0 Å². The van der Waals surface area contributed by atoms with E-state index in [0.29, 0.717) is 6.04 Å². The molecule has 1 aliphatic rings. The summed E-state index contributed by atoms with van der Waals surface area (Å²) >= 11 is 0. The molecule has 0 atom stereocenters. The number of nitrogens with two attached hydrogens (primary N) is 1. The van der Waals surface area contributed by atoms with Crippen molar-refractivity contribution >= 4 is 5.91 Å². The normalized spacial score (nSPS) is 23.8. The lowest BCUT2D eigenvalue weighted by atomic mass is 9.85. The molecular weight excluding hydrogens is 224 g/mol. The van der Waals surface area contributed by atoms with Crippen LogP contribution in [0.2, 0.25) is 0 Å². The highest BCUT2D eigenvalue weighted by Gasteiger charge is 2.24. The molecule has 2 rings (SSSR count). The minimum Gasteiger partial charge on any atom is -0.369 e. The molecule has 0 aromatic heterocycles. The molecule has 0 saturated heterocycles. The van der Waals surface area contributed by atoms with Gasteiger partial charge < -0.3 is 11.1 Å². The standard InChI is InChI=1S/C15H22N2O/c1-11-4-2-3-5-13(11)10-17-14-8-6-12(7-9-14)15(16)18/h2-5,12,14,17H,6-10H2,1H3,(H2,16,18). The molecule has 0 bridgehead atoms. The average molecular weight is 246 g/mol. The van der Waals surface area contributed by atoms with Crippen molar-refractivity contribution in [2.75, 3.05) is 0 Å². The second kappa shape index (κ2) is 6.01. The minimum absolute atomic E-state index is 0.0986. The SMILES string of the molecule is Cc1ccccc1CNC1CCC(C(N)=O)CC1. The summed E-state index contributed by atoms with van der Waals surface area (Å²) in [5.74, 6) is -0.0335. The van der Waals surface area contributed by atoms with Crippen molar-refractivity contribution < 1.29 is 4.79 Å². The molecule has 3 heteroatoms. The molecule has 98 valence electrons. The van der Waals surface area contributed by atoms with Gasteiger partial charge in [0, 0.05) is 18.5 Å². The quantitative estimate of drug-likeness (QED) is 0.855. The molecule has 0 aliphatic heterocycles. The summed E-state index contributed by atoms with van der Waals surface area (Å²) in [6, 6.07) is 8.98. The molecule has 0 spiro atoms. The van der Waals surface area contributed by atoms with E-state index in [9.17, 15) is 4.79 Å². The van der Waals surface area contributed by atoms with Crippen molar-refractivity contribution in [3.05, 3.63) is 35.4 Å². The number of carbonyl (C=O) groups is 1. The maximum atomic E-state index is 11.1. The van der Waals surface area contributed by atoms with Crippen LogP contribution in [-0.2, 0) is 11.3 Å². The number of carbonyl (C=O) groups excluding carboxylic acids is 1. The molecule has 1 aromatic carbocycles. The molecule has 3 N–H and O–H groups in total. The molecule has 0 radical (unpaired) electrons. The lowest BCUT2D eigenvalue weighted by molar-refractivity contribution is -0.122. The zero-order valence-electron chi connectivity index (χ0n) is 11.0. The number of hydrogen-bond acceptors (Lipinski definition) is 2. The predicted molar refractivity (Wildman–Crippen MR) is 73.0 cm³/mol. The van der Waals surface area contributed by atoms with E-state index in [4.69, 9.17) is 5.73 Å². The van der Waals surface area contributed by atoms with Crippen LogP contribution < -0.4 is 11.1 Å². The van der Waals surface area contributed by atoms with Gasteiger partial charge in [0.15, 0.2) is 0 Å². The number of rotatable bonds is 4. The fourth-order valence-corrected chi connectivity index (χ4v) is 2.64. The number of aryl methyl sites for hydroxylation is 1. The average Bonchev–Trinajstić information content (AvgIpc) is 2.38. The number of benzene rings is 1. The van der Waals surface area contributed by atoms with Gasteiger partial charge in [-0.3, -0.25) is 4.79 Å². The minimum atomic E-state index is -0.132. The van der Waals surface area contributed by atoms with E-state index in [1.54, 1.807) is 0 Å². The van der Waals surface area contributed by atoms with E-state index in [1.165, 1.54) is 11.1 Å². The van der Waals surface area contributed by atoms with Crippen LogP contribution >= 0.6 is 0 Å². The molecule has 1 amide bonds. The van der Waals surface area contributed by atoms with Crippen molar-refractivity contribution in [3.8, 4) is 0 Å². The first-order valence-corrected chi connectivity index (χ1v) is 6.74. The third-order valence-electron chi connectivity index (χ3n) is 3.97. The van der Waals surface area contributed by atoms with Gasteiger partial charge in [-0.2, -0.15) is 0 Å². The second-order valence-corrected chi connectivity index (χ2v) is 5.26. The van der Waals surface area contributed by atoms with Crippen molar-refractivity contribution in [1.29, 1.82) is 0 Å². The molecule has 1 aliphatic carbocycles. The van der Waals surface area contributed by atoms with E-state index in [-0.39, 0.29) is 11.8 Å². The van der Waals surface area contributed by atoms with Gasteiger partial charge in [0.2, 0.25) is 5.91 Å². The first kappa shape index (κ1) is 13.1. The lowest BCUT2D eigenvalue weighted by Gasteiger charge is -2.27. The van der Waals surface area contributed by atoms with Crippen LogP contribution in [0.4, 0.5) is 0 Å². The summed E-state index contributed by atoms with van der Waals surface area (Å²) in [7, 11) is 0. The molecular formula is C15H22N2O. The highest BCUT2D eigenvalue weighted by molar-refractivity contribution is 5.76. The van der Waals surface area contributed by atoms with Crippen LogP contribution in [0.25, 0.3) is 0 Å². The van der Waals surface area contributed by atoms with Crippen LogP contribution in [0.15, 0.2) is 24.3 Å². The maximum absolute atomic E-state index is 11.1. The van der Waals surface area contributed by atoms with Crippen LogP contribution in [-0.4, -0.2) is 11.9 Å². The van der Waals surface area contributed by atoms with Crippen molar-refractivity contribution in [1.82, 2.24) is 5.32 Å². The van der Waals surface area contributed by atoms with E-state index in [1.807, 2.05) is 0 Å². The van der Waals surface area contributed by atoms with Crippen LogP contribution in [0.3, 0.4) is 0 Å². The first-order valence-electron chi connectivity index (χ1n) is 6.74. The third-order valence-corrected chi connectivity index (χ3v) is 3.97. The van der Waals surface area contributed by atoms with E-state index in [2.05, 4.69) is 36.5 Å². The zero-order valence-corrected chi connectivity index (χ0v) is 11.0. The monoisotopic (exact) mass is 246 g/mol. The molecule has 1 saturated carbocycles. The Hall–Kier alpha value is -1.35. The Balaban J connectivity index is 1.79. The van der Waals surface area contributed by atoms with Crippen molar-refractivity contribution in [3.63, 3.8) is 0 Å². The summed E-state index contributed by atoms with van der Waals surface area (Å²) in [4.78, 5) is 11.1. The first-order chi connectivity index (χ1) is 8.66. The van der Waals surface area contributed by atoms with Crippen molar-refractivity contribution in [2.24, 2.45) is 11.7 Å². The van der Waals surface area contributed by atoms with Gasteiger partial charge in [0.1, 0.15) is 0 Å². The number of amides is 1. The Kier molecular flexibility index (Phi) is 4.37. The molecule has 1 aromatic rings. The van der Waals surface area contributed by atoms with Crippen LogP contribution in [0.1, 0.15) is 36.8 Å². The van der Waals surface area contributed by atoms with E-state index in [0.717, 1.165) is 32.2 Å². The molecule has 18 heavy (non-hydrogen) atoms. The topological polar surface area (TPSA) is 55.1 Å². The van der Waals surface area contributed by atoms with Crippen molar-refractivity contribution in [2.45, 2.75) is 45.2 Å². The summed E-state index contributed by atoms with van der Waals surface area (Å²) < 4.78 is 0. The highest BCUT2D eigenvalue weighted by atomic mass is 16.1. The van der Waals surface area contributed by atoms with E-state index >= 15 is 0 Å². The summed E-state index contributed by atoms with van der Waals surface area (Å²) in [5.41, 5.74) is 8.02. The van der Waals surface area contributed by atoms with Gasteiger partial charge in [0.05, 0.1) is 0 Å². The largest absolute Gasteiger partial charge is 0.369 e. The number of primary amides is 1. The molecule has 0 heterocycles. The molecule has 1 fully saturated rings. The molecule has 3 nitrogen and oxygen atoms in total. The Labute approximate surface area is 109 Å². The Morgan fingerprint density at radius 2 is 1.94 bits per heavy atom.